The van der Waals surface area contributed by atoms with E-state index in [1.165, 1.54) is 0 Å². The zero-order chi connectivity index (χ0) is 32.3. The molecule has 2 heterocycles. The summed E-state index contributed by atoms with van der Waals surface area (Å²) in [6.07, 6.45) is 3.39. The van der Waals surface area contributed by atoms with Gasteiger partial charge in [0.05, 0.1) is 36.3 Å². The molecule has 2 fully saturated rings. The van der Waals surface area contributed by atoms with Gasteiger partial charge in [-0.1, -0.05) is 67.1 Å². The largest absolute Gasteiger partial charge is 0.397 e. The molecule has 246 valence electrons. The monoisotopic (exact) mass is 630 g/mol. The molecular weight excluding hydrogens is 584 g/mol. The number of aliphatic hydroxyl groups excluding tert-OH is 2. The van der Waals surface area contributed by atoms with Crippen molar-refractivity contribution in [2.45, 2.75) is 82.7 Å². The molecule has 10 heteroatoms. The van der Waals surface area contributed by atoms with Crippen LogP contribution in [0.15, 0.2) is 72.8 Å². The highest BCUT2D eigenvalue weighted by Gasteiger charge is 2.34. The van der Waals surface area contributed by atoms with E-state index in [-0.39, 0.29) is 36.7 Å². The Morgan fingerprint density at radius 3 is 2.26 bits per heavy atom. The molecule has 0 aliphatic carbocycles. The van der Waals surface area contributed by atoms with E-state index in [4.69, 9.17) is 15.2 Å². The topological polar surface area (TPSA) is 146 Å². The molecule has 0 aromatic heterocycles. The molecule has 46 heavy (non-hydrogen) atoms. The van der Waals surface area contributed by atoms with Crippen molar-refractivity contribution in [3.63, 3.8) is 0 Å². The Kier molecular flexibility index (Phi) is 12.2. The van der Waals surface area contributed by atoms with Gasteiger partial charge in [0.2, 0.25) is 11.8 Å². The predicted molar refractivity (Wildman–Crippen MR) is 176 cm³/mol. The van der Waals surface area contributed by atoms with Crippen molar-refractivity contribution in [2.24, 2.45) is 0 Å². The number of benzene rings is 3. The first-order chi connectivity index (χ1) is 22.4. The van der Waals surface area contributed by atoms with Gasteiger partial charge in [0, 0.05) is 51.0 Å². The van der Waals surface area contributed by atoms with E-state index in [0.717, 1.165) is 48.2 Å². The summed E-state index contributed by atoms with van der Waals surface area (Å²) in [6, 6.07) is 22.9. The second-order valence-electron chi connectivity index (χ2n) is 12.3. The number of anilines is 2. The molecule has 0 spiro atoms. The van der Waals surface area contributed by atoms with Crippen molar-refractivity contribution >= 4 is 23.2 Å². The SMILES string of the molecule is Nc1ccccc1NC(=O)CCCCCC(=O)NCc1ccc([C@@H]2O[C@H](CN3CC[C@H](O)C3)C[C@H](c3ccc(CO)cc3)O2)cc1. The summed E-state index contributed by atoms with van der Waals surface area (Å²) in [5, 5.41) is 25.3. The number of β-amino-alcohol motifs (C(OH)–C–C–N with tert-alkyl or cyclic N) is 1. The number of rotatable bonds is 14. The maximum absolute atomic E-state index is 12.4. The van der Waals surface area contributed by atoms with Crippen molar-refractivity contribution < 1.29 is 29.3 Å². The molecule has 4 atom stereocenters. The molecule has 0 radical (unpaired) electrons. The molecule has 0 unspecified atom stereocenters. The highest BCUT2D eigenvalue weighted by atomic mass is 16.7. The fourth-order valence-corrected chi connectivity index (χ4v) is 5.95. The molecule has 2 saturated heterocycles. The average Bonchev–Trinajstić information content (AvgIpc) is 3.48. The zero-order valence-electron chi connectivity index (χ0n) is 26.3. The Morgan fingerprint density at radius 1 is 0.870 bits per heavy atom. The van der Waals surface area contributed by atoms with Gasteiger partial charge in [-0.3, -0.25) is 14.5 Å². The van der Waals surface area contributed by atoms with Gasteiger partial charge < -0.3 is 36.1 Å². The first-order valence-electron chi connectivity index (χ1n) is 16.3. The molecule has 6 N–H and O–H groups in total. The Labute approximate surface area is 270 Å². The van der Waals surface area contributed by atoms with Crippen LogP contribution in [0.4, 0.5) is 11.4 Å². The summed E-state index contributed by atoms with van der Waals surface area (Å²) in [4.78, 5) is 26.8. The summed E-state index contributed by atoms with van der Waals surface area (Å²) in [5.41, 5.74) is 10.8. The number of nitrogens with two attached hydrogens (primary N) is 1. The summed E-state index contributed by atoms with van der Waals surface area (Å²) < 4.78 is 12.9. The second-order valence-corrected chi connectivity index (χ2v) is 12.3. The number of hydrogen-bond donors (Lipinski definition) is 5. The van der Waals surface area contributed by atoms with Gasteiger partial charge >= 0.3 is 0 Å². The van der Waals surface area contributed by atoms with Crippen molar-refractivity contribution in [3.05, 3.63) is 95.1 Å². The molecular formula is C36H46N4O6. The molecule has 2 aliphatic rings. The Bertz CT molecular complexity index is 1420. The standard InChI is InChI=1S/C36H46N4O6/c37-31-6-4-5-7-32(31)39-35(44)9-3-1-2-8-34(43)38-21-25-10-16-28(17-11-25)36-45-30(23-40-19-18-29(42)22-40)20-33(46-36)27-14-12-26(24-41)13-15-27/h4-7,10-17,29-30,33,36,41-42H,1-3,8-9,18-24,37H2,(H,38,43)(H,39,44)/t29-,30-,33+,36+/m0/s1. The number of nitrogens with zero attached hydrogens (tertiary/aromatic N) is 1. The van der Waals surface area contributed by atoms with Gasteiger partial charge in [0.15, 0.2) is 6.29 Å². The predicted octanol–water partition coefficient (Wildman–Crippen LogP) is 4.58. The number of carbonyl (C=O) groups excluding carboxylic acids is 2. The number of amides is 2. The first kappa shape index (κ1) is 33.6. The zero-order valence-corrected chi connectivity index (χ0v) is 26.3. The fourth-order valence-electron chi connectivity index (χ4n) is 5.95. The lowest BCUT2D eigenvalue weighted by molar-refractivity contribution is -0.252. The van der Waals surface area contributed by atoms with Crippen LogP contribution in [0.25, 0.3) is 0 Å². The van der Waals surface area contributed by atoms with Gasteiger partial charge in [0.1, 0.15) is 0 Å². The number of nitrogen functional groups attached to an aromatic ring is 1. The lowest BCUT2D eigenvalue weighted by atomic mass is 9.99. The van der Waals surface area contributed by atoms with Gasteiger partial charge in [-0.05, 0) is 48.1 Å². The number of unbranched alkanes of at least 4 members (excludes halogenated alkanes) is 2. The minimum absolute atomic E-state index is 0.00351. The van der Waals surface area contributed by atoms with Crippen LogP contribution in [-0.4, -0.2) is 58.8 Å². The summed E-state index contributed by atoms with van der Waals surface area (Å²) in [6.45, 7) is 2.65. The Morgan fingerprint density at radius 2 is 1.57 bits per heavy atom. The van der Waals surface area contributed by atoms with Crippen molar-refractivity contribution in [1.29, 1.82) is 0 Å². The van der Waals surface area contributed by atoms with Crippen LogP contribution in [0.3, 0.4) is 0 Å². The fraction of sp³-hybridized carbons (Fsp3) is 0.444. The Hall–Kier alpha value is -3.80. The van der Waals surface area contributed by atoms with Crippen LogP contribution >= 0.6 is 0 Å². The first-order valence-corrected chi connectivity index (χ1v) is 16.3. The number of likely N-dealkylation sites (tertiary alicyclic amines) is 1. The van der Waals surface area contributed by atoms with Gasteiger partial charge in [-0.25, -0.2) is 0 Å². The van der Waals surface area contributed by atoms with Crippen LogP contribution in [-0.2, 0) is 32.2 Å². The molecule has 3 aromatic rings. The molecule has 10 nitrogen and oxygen atoms in total. The maximum Gasteiger partial charge on any atom is 0.224 e. The Balaban J connectivity index is 1.07. The minimum Gasteiger partial charge on any atom is -0.397 e. The molecule has 2 aliphatic heterocycles. The quantitative estimate of drug-likeness (QED) is 0.129. The van der Waals surface area contributed by atoms with E-state index in [1.807, 2.05) is 60.7 Å². The van der Waals surface area contributed by atoms with Gasteiger partial charge in [0.25, 0.3) is 0 Å². The summed E-state index contributed by atoms with van der Waals surface area (Å²) in [7, 11) is 0. The number of aliphatic hydroxyl groups is 2. The average molecular weight is 631 g/mol. The number of hydrogen-bond acceptors (Lipinski definition) is 8. The molecule has 3 aromatic carbocycles. The number of ether oxygens (including phenoxy) is 2. The normalized spacial score (nSPS) is 21.6. The van der Waals surface area contributed by atoms with Crippen LogP contribution in [0.2, 0.25) is 0 Å². The second kappa shape index (κ2) is 16.7. The van der Waals surface area contributed by atoms with E-state index in [1.54, 1.807) is 12.1 Å². The number of carbonyl (C=O) groups is 2. The van der Waals surface area contributed by atoms with Crippen LogP contribution in [0, 0.1) is 0 Å². The van der Waals surface area contributed by atoms with E-state index in [2.05, 4.69) is 15.5 Å². The third-order valence-electron chi connectivity index (χ3n) is 8.61. The minimum atomic E-state index is -0.551. The van der Waals surface area contributed by atoms with E-state index >= 15 is 0 Å². The lowest BCUT2D eigenvalue weighted by Gasteiger charge is -2.37. The van der Waals surface area contributed by atoms with E-state index in [9.17, 15) is 19.8 Å². The van der Waals surface area contributed by atoms with E-state index < -0.39 is 6.29 Å². The van der Waals surface area contributed by atoms with Crippen LogP contribution in [0.1, 0.15) is 79.6 Å². The third-order valence-corrected chi connectivity index (χ3v) is 8.61. The molecule has 2 amide bonds. The van der Waals surface area contributed by atoms with Crippen LogP contribution < -0.4 is 16.4 Å². The summed E-state index contributed by atoms with van der Waals surface area (Å²) >= 11 is 0. The van der Waals surface area contributed by atoms with E-state index in [0.29, 0.717) is 56.6 Å². The maximum atomic E-state index is 12.4. The highest BCUT2D eigenvalue weighted by Crippen LogP contribution is 2.38. The van der Waals surface area contributed by atoms with Gasteiger partial charge in [-0.2, -0.15) is 0 Å². The molecule has 0 saturated carbocycles. The van der Waals surface area contributed by atoms with Crippen molar-refractivity contribution in [2.75, 3.05) is 30.7 Å². The number of nitrogens with one attached hydrogen (secondary N) is 2. The number of para-hydroxylation sites is 2. The van der Waals surface area contributed by atoms with Gasteiger partial charge in [-0.15, -0.1) is 0 Å². The van der Waals surface area contributed by atoms with Crippen molar-refractivity contribution in [1.82, 2.24) is 10.2 Å². The third kappa shape index (κ3) is 9.85. The van der Waals surface area contributed by atoms with Crippen molar-refractivity contribution in [3.8, 4) is 0 Å². The highest BCUT2D eigenvalue weighted by molar-refractivity contribution is 5.93. The summed E-state index contributed by atoms with van der Waals surface area (Å²) in [5.74, 6) is -0.0986. The lowest BCUT2D eigenvalue weighted by Crippen LogP contribution is -2.38. The molecule has 0 bridgehead atoms. The smallest absolute Gasteiger partial charge is 0.224 e. The van der Waals surface area contributed by atoms with Crippen LogP contribution in [0.5, 0.6) is 0 Å². The molecule has 5 rings (SSSR count).